The molecule has 0 aromatic heterocycles. The Bertz CT molecular complexity index is 608. The number of carboxylic acids is 1. The fraction of sp³-hybridized carbons (Fsp3) is 0.385. The Morgan fingerprint density at radius 1 is 1.04 bits per heavy atom. The Morgan fingerprint density at radius 3 is 1.87 bits per heavy atom. The van der Waals surface area contributed by atoms with Crippen molar-refractivity contribution in [3.8, 4) is 5.75 Å². The van der Waals surface area contributed by atoms with Gasteiger partial charge in [0.1, 0.15) is 6.04 Å². The second-order valence-electron chi connectivity index (χ2n) is 4.63. The molecular formula is C13H12F5NO4. The zero-order chi connectivity index (χ0) is 17.9. The molecule has 1 amide bonds. The van der Waals surface area contributed by atoms with E-state index in [9.17, 15) is 31.5 Å². The maximum Gasteiger partial charge on any atom is 0.413 e. The molecule has 0 heterocycles. The van der Waals surface area contributed by atoms with Gasteiger partial charge in [-0.2, -0.15) is 8.78 Å². The number of carbonyl (C=O) groups excluding carboxylic acids is 1. The van der Waals surface area contributed by atoms with E-state index < -0.39 is 58.9 Å². The maximum atomic E-state index is 13.3. The number of hydrogen-bond acceptors (Lipinski definition) is 3. The zero-order valence-corrected chi connectivity index (χ0v) is 11.9. The molecule has 10 heteroatoms. The van der Waals surface area contributed by atoms with Crippen molar-refractivity contribution in [2.75, 3.05) is 0 Å². The van der Waals surface area contributed by atoms with Crippen molar-refractivity contribution in [2.45, 2.75) is 26.3 Å². The molecule has 0 spiro atoms. The number of amides is 1. The number of rotatable bonds is 5. The summed E-state index contributed by atoms with van der Waals surface area (Å²) < 4.78 is 69.5. The van der Waals surface area contributed by atoms with Crippen LogP contribution in [0.2, 0.25) is 0 Å². The third-order valence-corrected chi connectivity index (χ3v) is 3.12. The number of hydrogen-bond donors (Lipinski definition) is 2. The van der Waals surface area contributed by atoms with Gasteiger partial charge in [0, 0.05) is 0 Å². The number of aliphatic carboxylic acids is 1. The number of carbonyl (C=O) groups is 2. The van der Waals surface area contributed by atoms with E-state index in [4.69, 9.17) is 5.11 Å². The largest absolute Gasteiger partial charge is 0.480 e. The van der Waals surface area contributed by atoms with E-state index in [2.05, 4.69) is 4.74 Å². The minimum absolute atomic E-state index is 0.333. The molecule has 0 fully saturated rings. The topological polar surface area (TPSA) is 75.6 Å². The summed E-state index contributed by atoms with van der Waals surface area (Å²) in [4.78, 5) is 22.5. The minimum atomic E-state index is -2.41. The lowest BCUT2D eigenvalue weighted by molar-refractivity contribution is -0.140. The molecule has 2 N–H and O–H groups in total. The molecule has 0 saturated carbocycles. The van der Waals surface area contributed by atoms with Crippen LogP contribution in [0.3, 0.4) is 0 Å². The average molecular weight is 341 g/mol. The van der Waals surface area contributed by atoms with Crippen LogP contribution in [0.25, 0.3) is 0 Å². The number of ether oxygens (including phenoxy) is 1. The van der Waals surface area contributed by atoms with E-state index in [-0.39, 0.29) is 0 Å². The van der Waals surface area contributed by atoms with Gasteiger partial charge in [-0.1, -0.05) is 20.3 Å². The van der Waals surface area contributed by atoms with Crippen LogP contribution in [0, 0.1) is 35.0 Å². The smallest absolute Gasteiger partial charge is 0.413 e. The molecule has 0 unspecified atom stereocenters. The molecule has 2 atom stereocenters. The molecule has 0 aliphatic carbocycles. The minimum Gasteiger partial charge on any atom is -0.480 e. The first-order valence-electron chi connectivity index (χ1n) is 6.34. The average Bonchev–Trinajstić information content (AvgIpc) is 2.51. The van der Waals surface area contributed by atoms with Gasteiger partial charge < -0.3 is 15.2 Å². The zero-order valence-electron chi connectivity index (χ0n) is 11.9. The van der Waals surface area contributed by atoms with Gasteiger partial charge in [0.2, 0.25) is 34.8 Å². The third-order valence-electron chi connectivity index (χ3n) is 3.12. The number of halogens is 5. The monoisotopic (exact) mass is 341 g/mol. The number of nitrogens with one attached hydrogen (secondary N) is 1. The number of benzene rings is 1. The predicted octanol–water partition coefficient (Wildman–Crippen LogP) is 2.97. The van der Waals surface area contributed by atoms with Crippen LogP contribution in [0.5, 0.6) is 5.75 Å². The van der Waals surface area contributed by atoms with E-state index in [1.165, 1.54) is 6.92 Å². The van der Waals surface area contributed by atoms with Crippen LogP contribution in [0.4, 0.5) is 26.7 Å². The predicted molar refractivity (Wildman–Crippen MR) is 66.3 cm³/mol. The molecule has 0 aliphatic heterocycles. The van der Waals surface area contributed by atoms with Crippen LogP contribution in [0.15, 0.2) is 0 Å². The second-order valence-corrected chi connectivity index (χ2v) is 4.63. The molecule has 5 nitrogen and oxygen atoms in total. The molecule has 1 aromatic carbocycles. The first kappa shape index (κ1) is 18.7. The summed E-state index contributed by atoms with van der Waals surface area (Å²) in [5.74, 6) is -15.5. The Balaban J connectivity index is 3.05. The van der Waals surface area contributed by atoms with Crippen molar-refractivity contribution >= 4 is 12.1 Å². The first-order chi connectivity index (χ1) is 10.6. The lowest BCUT2D eigenvalue weighted by Crippen LogP contribution is -2.46. The summed E-state index contributed by atoms with van der Waals surface area (Å²) in [6.45, 7) is 3.09. The van der Waals surface area contributed by atoms with Crippen molar-refractivity contribution in [1.82, 2.24) is 5.32 Å². The third kappa shape index (κ3) is 3.88. The van der Waals surface area contributed by atoms with Gasteiger partial charge in [0.15, 0.2) is 0 Å². The van der Waals surface area contributed by atoms with Crippen molar-refractivity contribution in [2.24, 2.45) is 5.92 Å². The molecule has 23 heavy (non-hydrogen) atoms. The van der Waals surface area contributed by atoms with E-state index in [1.54, 1.807) is 12.2 Å². The molecule has 1 aromatic rings. The lowest BCUT2D eigenvalue weighted by atomic mass is 10.00. The molecular weight excluding hydrogens is 329 g/mol. The molecule has 1 rings (SSSR count). The highest BCUT2D eigenvalue weighted by Crippen LogP contribution is 2.29. The fourth-order valence-corrected chi connectivity index (χ4v) is 1.61. The van der Waals surface area contributed by atoms with Crippen molar-refractivity contribution in [3.05, 3.63) is 29.1 Å². The number of carboxylic acid groups (broad SMARTS) is 1. The molecule has 0 aliphatic rings. The van der Waals surface area contributed by atoms with Crippen molar-refractivity contribution in [3.63, 3.8) is 0 Å². The normalized spacial score (nSPS) is 13.3. The quantitative estimate of drug-likeness (QED) is 0.490. The SMILES string of the molecule is CC[C@H](C)[C@H](NC(=O)Oc1c(F)c(F)c(F)c(F)c1F)C(=O)O. The molecule has 0 radical (unpaired) electrons. The van der Waals surface area contributed by atoms with Gasteiger partial charge in [0.05, 0.1) is 0 Å². The molecule has 0 bridgehead atoms. The van der Waals surface area contributed by atoms with Gasteiger partial charge in [-0.15, -0.1) is 0 Å². The van der Waals surface area contributed by atoms with Gasteiger partial charge in [-0.05, 0) is 5.92 Å². The maximum absolute atomic E-state index is 13.3. The van der Waals surface area contributed by atoms with Crippen LogP contribution in [-0.4, -0.2) is 23.2 Å². The van der Waals surface area contributed by atoms with Crippen LogP contribution < -0.4 is 10.1 Å². The Hall–Kier alpha value is -2.39. The molecule has 0 saturated heterocycles. The van der Waals surface area contributed by atoms with Gasteiger partial charge in [-0.25, -0.2) is 22.8 Å². The van der Waals surface area contributed by atoms with Crippen LogP contribution >= 0.6 is 0 Å². The van der Waals surface area contributed by atoms with Crippen LogP contribution in [-0.2, 0) is 4.79 Å². The standard InChI is InChI=1S/C13H12F5NO4/c1-3-4(2)10(12(20)21)19-13(22)23-11-8(17)6(15)5(14)7(16)9(11)18/h4,10H,3H2,1-2H3,(H,19,22)(H,20,21)/t4-,10-/m0/s1. The summed E-state index contributed by atoms with van der Waals surface area (Å²) in [6, 6.07) is -1.46. The summed E-state index contributed by atoms with van der Waals surface area (Å²) in [6.07, 6.45) is -1.33. The lowest BCUT2D eigenvalue weighted by Gasteiger charge is -2.19. The Labute approximate surface area is 127 Å². The summed E-state index contributed by atoms with van der Waals surface area (Å²) in [5, 5.41) is 10.7. The van der Waals surface area contributed by atoms with Crippen molar-refractivity contribution < 1.29 is 41.4 Å². The highest BCUT2D eigenvalue weighted by Gasteiger charge is 2.31. The first-order valence-corrected chi connectivity index (χ1v) is 6.34. The van der Waals surface area contributed by atoms with E-state index in [0.717, 1.165) is 0 Å². The van der Waals surface area contributed by atoms with Crippen LogP contribution in [0.1, 0.15) is 20.3 Å². The second kappa shape index (κ2) is 7.25. The Kier molecular flexibility index (Phi) is 5.88. The highest BCUT2D eigenvalue weighted by atomic mass is 19.2. The van der Waals surface area contributed by atoms with Crippen molar-refractivity contribution in [1.29, 1.82) is 0 Å². The van der Waals surface area contributed by atoms with Gasteiger partial charge >= 0.3 is 12.1 Å². The highest BCUT2D eigenvalue weighted by molar-refractivity contribution is 5.81. The summed E-state index contributed by atoms with van der Waals surface area (Å²) in [7, 11) is 0. The summed E-state index contributed by atoms with van der Waals surface area (Å²) in [5.41, 5.74) is 0. The van der Waals surface area contributed by atoms with Gasteiger partial charge in [0.25, 0.3) is 0 Å². The Morgan fingerprint density at radius 2 is 1.48 bits per heavy atom. The fourth-order valence-electron chi connectivity index (χ4n) is 1.61. The van der Waals surface area contributed by atoms with E-state index >= 15 is 0 Å². The molecule has 128 valence electrons. The van der Waals surface area contributed by atoms with E-state index in [0.29, 0.717) is 6.42 Å². The van der Waals surface area contributed by atoms with Gasteiger partial charge in [-0.3, -0.25) is 0 Å². The van der Waals surface area contributed by atoms with E-state index in [1.807, 2.05) is 0 Å². The summed E-state index contributed by atoms with van der Waals surface area (Å²) >= 11 is 0.